The first-order valence-corrected chi connectivity index (χ1v) is 10.1. The third-order valence-electron chi connectivity index (χ3n) is 4.79. The molecule has 1 unspecified atom stereocenters. The van der Waals surface area contributed by atoms with Gasteiger partial charge in [0.1, 0.15) is 5.39 Å². The summed E-state index contributed by atoms with van der Waals surface area (Å²) in [5.41, 5.74) is 0.482. The van der Waals surface area contributed by atoms with Gasteiger partial charge in [-0.05, 0) is 18.2 Å². The SMILES string of the molecule is COC(=O)c1ccc(C(=O)OC)c(NC(=O)CC2CSc3nc4[nH]ncc4c(=O)n32)c1. The molecule has 4 rings (SSSR count). The van der Waals surface area contributed by atoms with Gasteiger partial charge >= 0.3 is 11.9 Å². The van der Waals surface area contributed by atoms with Crippen LogP contribution in [0.5, 0.6) is 0 Å². The van der Waals surface area contributed by atoms with E-state index >= 15 is 0 Å². The number of ether oxygens (including phenoxy) is 2. The number of rotatable bonds is 5. The van der Waals surface area contributed by atoms with E-state index in [0.29, 0.717) is 21.9 Å². The number of methoxy groups -OCH3 is 2. The lowest BCUT2D eigenvalue weighted by Crippen LogP contribution is -2.28. The van der Waals surface area contributed by atoms with Crippen LogP contribution >= 0.6 is 11.8 Å². The van der Waals surface area contributed by atoms with Crippen LogP contribution in [0.25, 0.3) is 11.0 Å². The largest absolute Gasteiger partial charge is 0.465 e. The molecule has 0 saturated heterocycles. The Morgan fingerprint density at radius 3 is 2.77 bits per heavy atom. The molecular weight excluding hydrogens is 426 g/mol. The summed E-state index contributed by atoms with van der Waals surface area (Å²) in [7, 11) is 2.44. The number of benzene rings is 1. The molecule has 0 radical (unpaired) electrons. The van der Waals surface area contributed by atoms with E-state index in [-0.39, 0.29) is 28.8 Å². The summed E-state index contributed by atoms with van der Waals surface area (Å²) in [6.07, 6.45) is 1.37. The van der Waals surface area contributed by atoms with Gasteiger partial charge in [-0.2, -0.15) is 5.10 Å². The smallest absolute Gasteiger partial charge is 0.339 e. The van der Waals surface area contributed by atoms with Crippen LogP contribution in [0, 0.1) is 0 Å². The number of hydrogen-bond donors (Lipinski definition) is 2. The molecule has 0 spiro atoms. The minimum Gasteiger partial charge on any atom is -0.465 e. The second-order valence-electron chi connectivity index (χ2n) is 6.66. The van der Waals surface area contributed by atoms with E-state index in [0.717, 1.165) is 0 Å². The predicted molar refractivity (Wildman–Crippen MR) is 110 cm³/mol. The summed E-state index contributed by atoms with van der Waals surface area (Å²) in [4.78, 5) is 53.8. The number of fused-ring (bicyclic) bond motifs is 2. The molecular formula is C19H17N5O6S. The van der Waals surface area contributed by atoms with E-state index in [1.165, 1.54) is 54.9 Å². The third-order valence-corrected chi connectivity index (χ3v) is 5.89. The number of anilines is 1. The molecule has 160 valence electrons. The molecule has 31 heavy (non-hydrogen) atoms. The van der Waals surface area contributed by atoms with Gasteiger partial charge in [0.05, 0.1) is 43.3 Å². The summed E-state index contributed by atoms with van der Waals surface area (Å²) in [6.45, 7) is 0. The van der Waals surface area contributed by atoms with Crippen molar-refractivity contribution in [2.45, 2.75) is 17.6 Å². The number of nitrogens with one attached hydrogen (secondary N) is 2. The van der Waals surface area contributed by atoms with Crippen LogP contribution < -0.4 is 10.9 Å². The summed E-state index contributed by atoms with van der Waals surface area (Å²) in [6, 6.07) is 3.69. The van der Waals surface area contributed by atoms with Crippen molar-refractivity contribution in [1.29, 1.82) is 0 Å². The minimum atomic E-state index is -0.670. The Hall–Kier alpha value is -3.67. The van der Waals surface area contributed by atoms with Crippen LogP contribution in [-0.4, -0.2) is 57.6 Å². The van der Waals surface area contributed by atoms with Crippen LogP contribution in [0.15, 0.2) is 34.3 Å². The zero-order valence-corrected chi connectivity index (χ0v) is 17.3. The number of aromatic amines is 1. The van der Waals surface area contributed by atoms with Crippen molar-refractivity contribution in [3.63, 3.8) is 0 Å². The molecule has 0 aliphatic carbocycles. The Kier molecular flexibility index (Phi) is 5.46. The average molecular weight is 443 g/mol. The molecule has 11 nitrogen and oxygen atoms in total. The highest BCUT2D eigenvalue weighted by molar-refractivity contribution is 7.99. The molecule has 3 heterocycles. The van der Waals surface area contributed by atoms with Crippen LogP contribution in [-0.2, 0) is 14.3 Å². The third kappa shape index (κ3) is 3.77. The highest BCUT2D eigenvalue weighted by Gasteiger charge is 2.29. The molecule has 1 aliphatic rings. The number of H-pyrrole nitrogens is 1. The van der Waals surface area contributed by atoms with Crippen molar-refractivity contribution in [3.05, 3.63) is 45.9 Å². The molecule has 1 aliphatic heterocycles. The first kappa shape index (κ1) is 20.6. The molecule has 0 saturated carbocycles. The van der Waals surface area contributed by atoms with E-state index in [4.69, 9.17) is 4.74 Å². The van der Waals surface area contributed by atoms with E-state index < -0.39 is 23.9 Å². The molecule has 0 bridgehead atoms. The Bertz CT molecular complexity index is 1270. The molecule has 0 fully saturated rings. The lowest BCUT2D eigenvalue weighted by molar-refractivity contribution is -0.116. The Morgan fingerprint density at radius 2 is 2.03 bits per heavy atom. The number of esters is 2. The summed E-state index contributed by atoms with van der Waals surface area (Å²) in [5, 5.41) is 10.00. The fourth-order valence-electron chi connectivity index (χ4n) is 3.30. The van der Waals surface area contributed by atoms with Crippen molar-refractivity contribution in [2.75, 3.05) is 25.3 Å². The van der Waals surface area contributed by atoms with Gasteiger partial charge in [0.25, 0.3) is 5.56 Å². The molecule has 3 aromatic rings. The van der Waals surface area contributed by atoms with Gasteiger partial charge in [-0.1, -0.05) is 11.8 Å². The van der Waals surface area contributed by atoms with Crippen LogP contribution in [0.3, 0.4) is 0 Å². The number of carbonyl (C=O) groups is 3. The van der Waals surface area contributed by atoms with Crippen LogP contribution in [0.4, 0.5) is 5.69 Å². The number of carbonyl (C=O) groups excluding carboxylic acids is 3. The molecule has 2 N–H and O–H groups in total. The Labute approximate surface area is 179 Å². The van der Waals surface area contributed by atoms with Crippen molar-refractivity contribution >= 4 is 46.3 Å². The van der Waals surface area contributed by atoms with Gasteiger partial charge in [0.15, 0.2) is 10.8 Å². The lowest BCUT2D eigenvalue weighted by Gasteiger charge is -2.15. The molecule has 12 heteroatoms. The van der Waals surface area contributed by atoms with E-state index in [9.17, 15) is 19.2 Å². The summed E-state index contributed by atoms with van der Waals surface area (Å²) in [5.74, 6) is -1.24. The second kappa shape index (κ2) is 8.22. The van der Waals surface area contributed by atoms with Crippen LogP contribution in [0.1, 0.15) is 33.2 Å². The zero-order valence-electron chi connectivity index (χ0n) is 16.5. The van der Waals surface area contributed by atoms with E-state index in [2.05, 4.69) is 25.2 Å². The number of aromatic nitrogens is 4. The Balaban J connectivity index is 1.60. The van der Waals surface area contributed by atoms with Crippen molar-refractivity contribution in [1.82, 2.24) is 19.7 Å². The molecule has 1 atom stereocenters. The second-order valence-corrected chi connectivity index (χ2v) is 7.65. The zero-order chi connectivity index (χ0) is 22.1. The first-order chi connectivity index (χ1) is 14.9. The molecule has 1 aromatic carbocycles. The highest BCUT2D eigenvalue weighted by atomic mass is 32.2. The maximum absolute atomic E-state index is 12.8. The van der Waals surface area contributed by atoms with Gasteiger partial charge in [-0.3, -0.25) is 19.3 Å². The Morgan fingerprint density at radius 1 is 1.26 bits per heavy atom. The summed E-state index contributed by atoms with van der Waals surface area (Å²) >= 11 is 1.37. The fraction of sp³-hybridized carbons (Fsp3) is 0.263. The van der Waals surface area contributed by atoms with E-state index in [1.807, 2.05) is 0 Å². The average Bonchev–Trinajstić information content (AvgIpc) is 3.40. The number of amides is 1. The number of nitrogens with zero attached hydrogens (tertiary/aromatic N) is 3. The van der Waals surface area contributed by atoms with Gasteiger partial charge < -0.3 is 14.8 Å². The molecule has 2 aromatic heterocycles. The van der Waals surface area contributed by atoms with Gasteiger partial charge in [0, 0.05) is 12.2 Å². The fourth-order valence-corrected chi connectivity index (χ4v) is 4.44. The van der Waals surface area contributed by atoms with Crippen molar-refractivity contribution < 1.29 is 23.9 Å². The lowest BCUT2D eigenvalue weighted by atomic mass is 10.1. The van der Waals surface area contributed by atoms with Crippen molar-refractivity contribution in [3.8, 4) is 0 Å². The summed E-state index contributed by atoms with van der Waals surface area (Å²) < 4.78 is 10.9. The minimum absolute atomic E-state index is 0.0337. The first-order valence-electron chi connectivity index (χ1n) is 9.12. The van der Waals surface area contributed by atoms with Gasteiger partial charge in [-0.15, -0.1) is 0 Å². The quantitative estimate of drug-likeness (QED) is 0.441. The molecule has 1 amide bonds. The number of hydrogen-bond acceptors (Lipinski definition) is 9. The van der Waals surface area contributed by atoms with Crippen molar-refractivity contribution in [2.24, 2.45) is 0 Å². The van der Waals surface area contributed by atoms with Crippen LogP contribution in [0.2, 0.25) is 0 Å². The standard InChI is InChI=1S/C19H17N5O6S/c1-29-17(27)9-3-4-11(18(28)30-2)13(5-9)21-14(25)6-10-8-31-19-22-15-12(7-20-23-15)16(26)24(10)19/h3-5,7,10H,6,8H2,1-2H3,(H,20,23)(H,21,25). The maximum Gasteiger partial charge on any atom is 0.339 e. The van der Waals surface area contributed by atoms with E-state index in [1.54, 1.807) is 0 Å². The topological polar surface area (TPSA) is 145 Å². The number of thioether (sulfide) groups is 1. The predicted octanol–water partition coefficient (Wildman–Crippen LogP) is 1.37. The normalized spacial score (nSPS) is 14.8. The maximum atomic E-state index is 12.8. The van der Waals surface area contributed by atoms with Gasteiger partial charge in [0.2, 0.25) is 5.91 Å². The highest BCUT2D eigenvalue weighted by Crippen LogP contribution is 2.33. The van der Waals surface area contributed by atoms with Gasteiger partial charge in [-0.25, -0.2) is 14.6 Å². The monoisotopic (exact) mass is 443 g/mol.